The number of ether oxygens (including phenoxy) is 2. The van der Waals surface area contributed by atoms with Crippen molar-refractivity contribution < 1.29 is 39.1 Å². The molecule has 0 atom stereocenters. The first-order valence-electron chi connectivity index (χ1n) is 14.0. The monoisotopic (exact) mass is 632 g/mol. The van der Waals surface area contributed by atoms with Gasteiger partial charge in [-0.25, -0.2) is 9.59 Å². The Morgan fingerprint density at radius 2 is 1.33 bits per heavy atom. The molecule has 14 nitrogen and oxygen atoms in total. The molecule has 2 N–H and O–H groups in total. The molecule has 0 saturated carbocycles. The summed E-state index contributed by atoms with van der Waals surface area (Å²) in [4.78, 5) is 50.1. The zero-order chi connectivity index (χ0) is 34.0. The summed E-state index contributed by atoms with van der Waals surface area (Å²) in [5, 5.41) is 39.0. The highest BCUT2D eigenvalue weighted by Gasteiger charge is 2.23. The third-order valence-corrected chi connectivity index (χ3v) is 7.00. The first-order valence-corrected chi connectivity index (χ1v) is 14.0. The fourth-order valence-electron chi connectivity index (χ4n) is 4.47. The van der Waals surface area contributed by atoms with Crippen LogP contribution >= 0.6 is 0 Å². The fraction of sp³-hybridized carbons (Fsp3) is 0.250. The number of aryl methyl sites for hydroxylation is 4. The first kappa shape index (κ1) is 34.6. The fourth-order valence-corrected chi connectivity index (χ4v) is 4.47. The highest BCUT2D eigenvalue weighted by molar-refractivity contribution is 5.90. The normalized spacial score (nSPS) is 10.3. The molecule has 0 radical (unpaired) electrons. The van der Waals surface area contributed by atoms with E-state index in [-0.39, 0.29) is 30.1 Å². The summed E-state index contributed by atoms with van der Waals surface area (Å²) in [6.45, 7) is 8.27. The Kier molecular flexibility index (Phi) is 11.8. The van der Waals surface area contributed by atoms with Crippen molar-refractivity contribution in [1.29, 1.82) is 0 Å². The number of carbonyl (C=O) groups excluding carboxylic acids is 1. The van der Waals surface area contributed by atoms with Gasteiger partial charge in [0.1, 0.15) is 24.3 Å². The van der Waals surface area contributed by atoms with Gasteiger partial charge in [0.2, 0.25) is 11.5 Å². The number of carboxylic acids is 1. The number of hydrogen-bond donors (Lipinski definition) is 2. The quantitative estimate of drug-likeness (QED) is 0.110. The van der Waals surface area contributed by atoms with Crippen molar-refractivity contribution in [3.05, 3.63) is 126 Å². The molecule has 2 aromatic carbocycles. The van der Waals surface area contributed by atoms with Crippen LogP contribution in [0.15, 0.2) is 60.9 Å². The number of nitro groups is 2. The molecule has 0 amide bonds. The molecule has 46 heavy (non-hydrogen) atoms. The minimum Gasteiger partial charge on any atom is -0.501 e. The van der Waals surface area contributed by atoms with Crippen LogP contribution in [0, 0.1) is 34.1 Å². The van der Waals surface area contributed by atoms with Crippen molar-refractivity contribution >= 4 is 23.6 Å². The van der Waals surface area contributed by atoms with Gasteiger partial charge in [-0.15, -0.1) is 0 Å². The van der Waals surface area contributed by atoms with Gasteiger partial charge in [-0.3, -0.25) is 0 Å². The van der Waals surface area contributed by atoms with Crippen molar-refractivity contribution in [2.75, 3.05) is 0 Å². The Hall–Kier alpha value is -5.92. The maximum absolute atomic E-state index is 12.7. The number of aromatic carboxylic acids is 1. The summed E-state index contributed by atoms with van der Waals surface area (Å²) in [7, 11) is 0. The molecule has 0 unspecified atom stereocenters. The highest BCUT2D eigenvalue weighted by Crippen LogP contribution is 2.28. The molecule has 0 aliphatic rings. The van der Waals surface area contributed by atoms with Crippen LogP contribution in [-0.4, -0.2) is 42.0 Å². The summed E-state index contributed by atoms with van der Waals surface area (Å²) >= 11 is 0. The van der Waals surface area contributed by atoms with Crippen LogP contribution in [0.4, 0.5) is 11.6 Å². The smallest absolute Gasteiger partial charge is 0.406 e. The molecule has 14 heteroatoms. The third-order valence-electron chi connectivity index (χ3n) is 7.00. The number of hydrogen-bond acceptors (Lipinski definition) is 11. The summed E-state index contributed by atoms with van der Waals surface area (Å²) in [6, 6.07) is 14.0. The van der Waals surface area contributed by atoms with Gasteiger partial charge in [0.25, 0.3) is 0 Å². The Labute approximate surface area is 263 Å². The second-order valence-electron chi connectivity index (χ2n) is 9.93. The van der Waals surface area contributed by atoms with Crippen molar-refractivity contribution in [3.63, 3.8) is 0 Å². The van der Waals surface area contributed by atoms with Crippen molar-refractivity contribution in [2.24, 2.45) is 0 Å². The van der Waals surface area contributed by atoms with Gasteiger partial charge >= 0.3 is 23.6 Å². The minimum atomic E-state index is -1.31. The molecular formula is C32H32N4O10. The number of esters is 1. The molecule has 4 aromatic rings. The lowest BCUT2D eigenvalue weighted by Gasteiger charge is -2.14. The van der Waals surface area contributed by atoms with Crippen LogP contribution in [0.2, 0.25) is 0 Å². The summed E-state index contributed by atoms with van der Waals surface area (Å²) < 4.78 is 11.3. The lowest BCUT2D eigenvalue weighted by Crippen LogP contribution is -2.10. The molecule has 240 valence electrons. The van der Waals surface area contributed by atoms with Crippen LogP contribution in [0.3, 0.4) is 0 Å². The van der Waals surface area contributed by atoms with Gasteiger partial charge in [-0.1, -0.05) is 50.2 Å². The number of carboxylic acid groups (broad SMARTS) is 1. The summed E-state index contributed by atoms with van der Waals surface area (Å²) in [5.74, 6) is -3.94. The van der Waals surface area contributed by atoms with Gasteiger partial charge in [0, 0.05) is 12.1 Å². The second kappa shape index (κ2) is 15.7. The largest absolute Gasteiger partial charge is 0.501 e. The highest BCUT2D eigenvalue weighted by atomic mass is 16.6. The van der Waals surface area contributed by atoms with Crippen molar-refractivity contribution in [2.45, 2.75) is 53.8 Å². The number of pyridine rings is 2. The molecule has 4 rings (SSSR count). The Bertz CT molecular complexity index is 1770. The van der Waals surface area contributed by atoms with E-state index in [1.807, 2.05) is 64.1 Å². The van der Waals surface area contributed by atoms with E-state index in [1.54, 1.807) is 0 Å². The number of rotatable bonds is 11. The van der Waals surface area contributed by atoms with E-state index in [1.165, 1.54) is 6.07 Å². The number of nitrogens with zero attached hydrogens (tertiary/aromatic N) is 4. The van der Waals surface area contributed by atoms with Crippen LogP contribution in [0.5, 0.6) is 11.5 Å². The molecule has 0 fully saturated rings. The molecule has 0 aliphatic heterocycles. The van der Waals surface area contributed by atoms with Gasteiger partial charge in [0.05, 0.1) is 0 Å². The Morgan fingerprint density at radius 3 is 1.83 bits per heavy atom. The van der Waals surface area contributed by atoms with E-state index in [2.05, 4.69) is 9.97 Å². The predicted octanol–water partition coefficient (Wildman–Crippen LogP) is 6.06. The topological polar surface area (TPSA) is 205 Å². The Morgan fingerprint density at radius 1 is 0.804 bits per heavy atom. The molecule has 0 spiro atoms. The SMILES string of the molecule is CCc1cccc(C)c1COC(=O)c1cnc([N+](=O)[O-])c(OCc2c(C)cccc2CC)c1.O=C(O)c1cnc([N+](=O)[O-])c(O)c1. The first-order chi connectivity index (χ1) is 21.9. The molecular weight excluding hydrogens is 600 g/mol. The standard InChI is InChI=1S/C26H28N2O5.C6H4N2O5/c1-5-19-11-7-9-17(3)22(19)15-32-24-13-21(14-27-25(24)28(30)31)26(29)33-16-23-18(4)10-8-12-20(23)6-2;9-4-1-3(6(10)11)2-7-5(4)8(12)13/h7-14H,5-6,15-16H2,1-4H3;1-2,9H,(H,10,11). The van der Waals surface area contributed by atoms with E-state index in [4.69, 9.17) is 19.7 Å². The zero-order valence-corrected chi connectivity index (χ0v) is 25.6. The molecule has 0 saturated heterocycles. The molecule has 2 aromatic heterocycles. The lowest BCUT2D eigenvalue weighted by atomic mass is 10.0. The average molecular weight is 633 g/mol. The molecule has 2 heterocycles. The van der Waals surface area contributed by atoms with Crippen LogP contribution in [-0.2, 0) is 30.8 Å². The maximum atomic E-state index is 12.7. The van der Waals surface area contributed by atoms with Crippen LogP contribution in [0.25, 0.3) is 0 Å². The zero-order valence-electron chi connectivity index (χ0n) is 25.6. The van der Waals surface area contributed by atoms with Gasteiger partial charge in [0.15, 0.2) is 12.4 Å². The second-order valence-corrected chi connectivity index (χ2v) is 9.93. The molecule has 0 bridgehead atoms. The summed E-state index contributed by atoms with van der Waals surface area (Å²) in [6.07, 6.45) is 3.59. The van der Waals surface area contributed by atoms with E-state index >= 15 is 0 Å². The number of aromatic nitrogens is 2. The minimum absolute atomic E-state index is 0.0649. The number of carbonyl (C=O) groups is 2. The van der Waals surface area contributed by atoms with Crippen molar-refractivity contribution in [3.8, 4) is 11.5 Å². The number of aromatic hydroxyl groups is 1. The van der Waals surface area contributed by atoms with Gasteiger partial charge in [-0.2, -0.15) is 0 Å². The van der Waals surface area contributed by atoms with Crippen molar-refractivity contribution in [1.82, 2.24) is 9.97 Å². The molecule has 0 aliphatic carbocycles. The lowest BCUT2D eigenvalue weighted by molar-refractivity contribution is -0.390. The third kappa shape index (κ3) is 8.59. The Balaban J connectivity index is 0.000000370. The van der Waals surface area contributed by atoms with E-state index in [9.17, 15) is 29.8 Å². The van der Waals surface area contributed by atoms with Crippen LogP contribution in [0.1, 0.15) is 67.9 Å². The van der Waals surface area contributed by atoms with Crippen LogP contribution < -0.4 is 4.74 Å². The van der Waals surface area contributed by atoms with Gasteiger partial charge in [-0.05, 0) is 79.9 Å². The number of benzene rings is 2. The maximum Gasteiger partial charge on any atom is 0.406 e. The van der Waals surface area contributed by atoms with E-state index in [0.717, 1.165) is 64.7 Å². The van der Waals surface area contributed by atoms with Gasteiger partial charge < -0.3 is 39.9 Å². The van der Waals surface area contributed by atoms with E-state index in [0.29, 0.717) is 0 Å². The van der Waals surface area contributed by atoms with E-state index < -0.39 is 39.2 Å². The average Bonchev–Trinajstić information content (AvgIpc) is 3.02. The summed E-state index contributed by atoms with van der Waals surface area (Å²) in [5.41, 5.74) is 6.01. The predicted molar refractivity (Wildman–Crippen MR) is 165 cm³/mol.